The molecule has 0 fully saturated rings. The van der Waals surface area contributed by atoms with Crippen molar-refractivity contribution in [3.63, 3.8) is 0 Å². The summed E-state index contributed by atoms with van der Waals surface area (Å²) in [5.41, 5.74) is 11.5. The maximum absolute atomic E-state index is 6.54. The molecular formula is C36H19BN2O. The summed E-state index contributed by atoms with van der Waals surface area (Å²) in [7, 11) is 0. The van der Waals surface area contributed by atoms with Crippen molar-refractivity contribution in [3.05, 3.63) is 115 Å². The van der Waals surface area contributed by atoms with Crippen molar-refractivity contribution in [3.8, 4) is 17.2 Å². The number of hydrogen-bond acceptors (Lipinski definition) is 1. The Balaban J connectivity index is 1.38. The molecule has 0 aliphatic carbocycles. The van der Waals surface area contributed by atoms with Crippen LogP contribution in [0.2, 0.25) is 0 Å². The van der Waals surface area contributed by atoms with Crippen molar-refractivity contribution >= 4 is 83.0 Å². The van der Waals surface area contributed by atoms with E-state index < -0.39 is 0 Å². The topological polar surface area (TPSA) is 18.6 Å². The molecule has 0 saturated heterocycles. The van der Waals surface area contributed by atoms with Crippen LogP contribution in [0.5, 0.6) is 11.5 Å². The molecule has 0 unspecified atom stereocenters. The van der Waals surface area contributed by atoms with Crippen LogP contribution in [-0.2, 0) is 0 Å². The van der Waals surface area contributed by atoms with Gasteiger partial charge in [-0.15, -0.1) is 0 Å². The molecule has 3 aromatic heterocycles. The van der Waals surface area contributed by atoms with E-state index in [0.29, 0.717) is 0 Å². The number of para-hydroxylation sites is 4. The van der Waals surface area contributed by atoms with Gasteiger partial charge in [-0.3, -0.25) is 0 Å². The molecule has 2 aliphatic heterocycles. The van der Waals surface area contributed by atoms with E-state index in [-0.39, 0.29) is 6.71 Å². The van der Waals surface area contributed by atoms with Crippen molar-refractivity contribution in [2.24, 2.45) is 0 Å². The molecule has 4 heteroatoms. The normalized spacial score (nSPS) is 13.7. The number of benzene rings is 6. The summed E-state index contributed by atoms with van der Waals surface area (Å²) in [4.78, 5) is 0. The van der Waals surface area contributed by atoms with Crippen LogP contribution in [0.3, 0.4) is 0 Å². The van der Waals surface area contributed by atoms with Crippen LogP contribution in [0.1, 0.15) is 0 Å². The highest BCUT2D eigenvalue weighted by Crippen LogP contribution is 2.44. The number of hydrogen-bond donors (Lipinski definition) is 0. The molecule has 9 aromatic rings. The highest BCUT2D eigenvalue weighted by Gasteiger charge is 2.40. The zero-order valence-electron chi connectivity index (χ0n) is 21.3. The third kappa shape index (κ3) is 2.06. The summed E-state index contributed by atoms with van der Waals surface area (Å²) < 4.78 is 11.5. The van der Waals surface area contributed by atoms with Crippen molar-refractivity contribution in [1.29, 1.82) is 0 Å². The van der Waals surface area contributed by atoms with E-state index in [1.807, 2.05) is 0 Å². The summed E-state index contributed by atoms with van der Waals surface area (Å²) in [6, 6.07) is 42.3. The van der Waals surface area contributed by atoms with Gasteiger partial charge in [-0.2, -0.15) is 0 Å². The average Bonchev–Trinajstić information content (AvgIpc) is 3.64. The Morgan fingerprint density at radius 1 is 0.475 bits per heavy atom. The van der Waals surface area contributed by atoms with E-state index in [4.69, 9.17) is 4.74 Å². The molecule has 182 valence electrons. The number of nitrogens with zero attached hydrogens (tertiary/aromatic N) is 2. The predicted molar refractivity (Wildman–Crippen MR) is 167 cm³/mol. The van der Waals surface area contributed by atoms with Crippen LogP contribution < -0.4 is 21.1 Å². The van der Waals surface area contributed by atoms with Gasteiger partial charge in [0.15, 0.2) is 0 Å². The average molecular weight is 506 g/mol. The third-order valence-corrected chi connectivity index (χ3v) is 9.50. The van der Waals surface area contributed by atoms with E-state index in [9.17, 15) is 0 Å². The van der Waals surface area contributed by atoms with Crippen molar-refractivity contribution in [1.82, 2.24) is 8.97 Å². The summed E-state index contributed by atoms with van der Waals surface area (Å²) in [5, 5.41) is 7.83. The summed E-state index contributed by atoms with van der Waals surface area (Å²) in [6.45, 7) is 0.150. The van der Waals surface area contributed by atoms with E-state index in [1.165, 1.54) is 82.0 Å². The number of ether oxygens (including phenoxy) is 1. The molecule has 40 heavy (non-hydrogen) atoms. The zero-order chi connectivity index (χ0) is 25.7. The minimum Gasteiger partial charge on any atom is -0.458 e. The van der Waals surface area contributed by atoms with Crippen LogP contribution in [0.4, 0.5) is 0 Å². The standard InChI is InChI=1S/C36H19BN2O/c1-4-13-28-20(8-1)21-9-7-10-22-24-18-25-23-16-17-33-34-36(23)39(31(25)19-30(24)38(28)35(21)22)29-14-5-2-11-26(29)37(34)27-12-3-6-15-32(27)40-33/h1-19H. The van der Waals surface area contributed by atoms with Gasteiger partial charge in [0.2, 0.25) is 0 Å². The first kappa shape index (κ1) is 19.8. The van der Waals surface area contributed by atoms with Gasteiger partial charge in [0.25, 0.3) is 6.71 Å². The van der Waals surface area contributed by atoms with Crippen LogP contribution in [-0.4, -0.2) is 15.7 Å². The fourth-order valence-corrected chi connectivity index (χ4v) is 8.00. The first-order chi connectivity index (χ1) is 19.9. The lowest BCUT2D eigenvalue weighted by Gasteiger charge is -2.32. The molecule has 0 amide bonds. The molecule has 11 rings (SSSR count). The first-order valence-electron chi connectivity index (χ1n) is 13.9. The molecule has 0 spiro atoms. The summed E-state index contributed by atoms with van der Waals surface area (Å²) >= 11 is 0. The van der Waals surface area contributed by atoms with E-state index in [2.05, 4.69) is 124 Å². The molecular weight excluding hydrogens is 487 g/mol. The van der Waals surface area contributed by atoms with Crippen LogP contribution in [0.15, 0.2) is 115 Å². The highest BCUT2D eigenvalue weighted by molar-refractivity contribution is 6.99. The summed E-state index contributed by atoms with van der Waals surface area (Å²) in [5.74, 6) is 1.92. The smallest absolute Gasteiger partial charge is 0.256 e. The number of fused-ring (bicyclic) bond motifs is 14. The first-order valence-corrected chi connectivity index (χ1v) is 13.9. The Kier molecular flexibility index (Phi) is 3.21. The molecule has 3 nitrogen and oxygen atoms in total. The lowest BCUT2D eigenvalue weighted by atomic mass is 9.34. The van der Waals surface area contributed by atoms with Gasteiger partial charge >= 0.3 is 0 Å². The van der Waals surface area contributed by atoms with Gasteiger partial charge in [0.05, 0.1) is 27.6 Å². The number of rotatable bonds is 0. The monoisotopic (exact) mass is 506 g/mol. The van der Waals surface area contributed by atoms with E-state index in [1.54, 1.807) is 0 Å². The van der Waals surface area contributed by atoms with Gasteiger partial charge in [-0.25, -0.2) is 0 Å². The van der Waals surface area contributed by atoms with Crippen LogP contribution in [0, 0.1) is 0 Å². The van der Waals surface area contributed by atoms with Crippen molar-refractivity contribution in [2.75, 3.05) is 0 Å². The van der Waals surface area contributed by atoms with Gasteiger partial charge < -0.3 is 13.7 Å². The Morgan fingerprint density at radius 3 is 2.15 bits per heavy atom. The largest absolute Gasteiger partial charge is 0.458 e. The Bertz CT molecular complexity index is 2590. The Morgan fingerprint density at radius 2 is 1.20 bits per heavy atom. The predicted octanol–water partition coefficient (Wildman–Crippen LogP) is 6.87. The van der Waals surface area contributed by atoms with Gasteiger partial charge in [0, 0.05) is 38.0 Å². The Hall–Kier alpha value is -5.22. The van der Waals surface area contributed by atoms with E-state index in [0.717, 1.165) is 11.5 Å². The molecule has 0 N–H and O–H groups in total. The summed E-state index contributed by atoms with van der Waals surface area (Å²) in [6.07, 6.45) is 0. The molecule has 0 atom stereocenters. The maximum Gasteiger partial charge on any atom is 0.256 e. The zero-order valence-corrected chi connectivity index (χ0v) is 21.3. The molecule has 5 heterocycles. The second-order valence-corrected chi connectivity index (χ2v) is 11.3. The SMILES string of the molecule is c1ccc2c(c1)Oc1ccc3c4cc5c6cccc7c8ccccc8n(c5cc4n4c3c1B2c1ccccc1-4)c76. The molecule has 6 aromatic carbocycles. The molecule has 0 radical (unpaired) electrons. The van der Waals surface area contributed by atoms with E-state index >= 15 is 0 Å². The fourth-order valence-electron chi connectivity index (χ4n) is 8.00. The van der Waals surface area contributed by atoms with Crippen molar-refractivity contribution in [2.45, 2.75) is 0 Å². The maximum atomic E-state index is 6.54. The second-order valence-electron chi connectivity index (χ2n) is 11.3. The van der Waals surface area contributed by atoms with Gasteiger partial charge in [-0.1, -0.05) is 72.8 Å². The lowest BCUT2D eigenvalue weighted by Crippen LogP contribution is -2.58. The highest BCUT2D eigenvalue weighted by atomic mass is 16.5. The van der Waals surface area contributed by atoms with Gasteiger partial charge in [-0.05, 0) is 58.9 Å². The van der Waals surface area contributed by atoms with Crippen LogP contribution in [0.25, 0.3) is 65.6 Å². The van der Waals surface area contributed by atoms with Crippen molar-refractivity contribution < 1.29 is 4.74 Å². The Labute approximate surface area is 228 Å². The number of aromatic nitrogens is 2. The fraction of sp³-hybridized carbons (Fsp3) is 0. The lowest BCUT2D eigenvalue weighted by molar-refractivity contribution is 0.488. The minimum atomic E-state index is 0.150. The quantitative estimate of drug-likeness (QED) is 0.206. The minimum absolute atomic E-state index is 0.150. The van der Waals surface area contributed by atoms with Gasteiger partial charge in [0.1, 0.15) is 11.5 Å². The van der Waals surface area contributed by atoms with Crippen LogP contribution >= 0.6 is 0 Å². The molecule has 0 bridgehead atoms. The second kappa shape index (κ2) is 6.49. The molecule has 0 saturated carbocycles. The molecule has 2 aliphatic rings. The third-order valence-electron chi connectivity index (χ3n) is 9.50.